The molecule has 0 unspecified atom stereocenters. The van der Waals surface area contributed by atoms with Gasteiger partial charge in [0.05, 0.1) is 12.1 Å². The van der Waals surface area contributed by atoms with E-state index in [1.807, 2.05) is 23.3 Å². The highest BCUT2D eigenvalue weighted by Crippen LogP contribution is 2.37. The van der Waals surface area contributed by atoms with E-state index in [2.05, 4.69) is 19.1 Å². The second-order valence-electron chi connectivity index (χ2n) is 6.24. The maximum absolute atomic E-state index is 12.0. The van der Waals surface area contributed by atoms with Crippen LogP contribution in [0.2, 0.25) is 0 Å². The molecular formula is C18H25NO3. The summed E-state index contributed by atoms with van der Waals surface area (Å²) in [7, 11) is 0. The zero-order chi connectivity index (χ0) is 15.4. The average Bonchev–Trinajstić information content (AvgIpc) is 2.98. The molecule has 4 heteroatoms. The molecule has 2 saturated heterocycles. The molecule has 0 aromatic heterocycles. The molecule has 2 aliphatic rings. The van der Waals surface area contributed by atoms with Crippen LogP contribution in [-0.4, -0.2) is 29.8 Å². The first-order valence-electron chi connectivity index (χ1n) is 8.46. The van der Waals surface area contributed by atoms with Gasteiger partial charge in [-0.3, -0.25) is 9.63 Å². The molecule has 0 saturated carbocycles. The van der Waals surface area contributed by atoms with Crippen LogP contribution in [0.3, 0.4) is 0 Å². The smallest absolute Gasteiger partial charge is 0.325 e. The van der Waals surface area contributed by atoms with Crippen molar-refractivity contribution in [2.24, 2.45) is 0 Å². The first-order valence-corrected chi connectivity index (χ1v) is 8.46. The van der Waals surface area contributed by atoms with E-state index >= 15 is 0 Å². The maximum Gasteiger partial charge on any atom is 0.325 e. The SMILES string of the molecule is CCCCCC[C@H]1C[C@@H]2C(=O)OC[C@@H](c3ccccc3)N2O1. The first kappa shape index (κ1) is 15.5. The lowest BCUT2D eigenvalue weighted by Crippen LogP contribution is -2.46. The highest BCUT2D eigenvalue weighted by Gasteiger charge is 2.46. The number of hydrogen-bond acceptors (Lipinski definition) is 4. The number of carbonyl (C=O) groups excluding carboxylic acids is 1. The summed E-state index contributed by atoms with van der Waals surface area (Å²) in [5.41, 5.74) is 1.15. The first-order chi connectivity index (χ1) is 10.8. The van der Waals surface area contributed by atoms with Crippen molar-refractivity contribution >= 4 is 5.97 Å². The number of benzene rings is 1. The van der Waals surface area contributed by atoms with Crippen molar-refractivity contribution in [3.63, 3.8) is 0 Å². The number of esters is 1. The summed E-state index contributed by atoms with van der Waals surface area (Å²) >= 11 is 0. The Hall–Kier alpha value is -1.39. The zero-order valence-corrected chi connectivity index (χ0v) is 13.2. The molecule has 2 heterocycles. The number of carbonyl (C=O) groups is 1. The summed E-state index contributed by atoms with van der Waals surface area (Å²) in [6.07, 6.45) is 6.86. The summed E-state index contributed by atoms with van der Waals surface area (Å²) in [4.78, 5) is 18.1. The Morgan fingerprint density at radius 2 is 1.95 bits per heavy atom. The van der Waals surface area contributed by atoms with Gasteiger partial charge in [0, 0.05) is 6.42 Å². The zero-order valence-electron chi connectivity index (χ0n) is 13.2. The van der Waals surface area contributed by atoms with Gasteiger partial charge in [0.15, 0.2) is 0 Å². The number of nitrogens with zero attached hydrogens (tertiary/aromatic N) is 1. The van der Waals surface area contributed by atoms with Gasteiger partial charge < -0.3 is 4.74 Å². The van der Waals surface area contributed by atoms with Crippen LogP contribution in [0.4, 0.5) is 0 Å². The largest absolute Gasteiger partial charge is 0.462 e. The van der Waals surface area contributed by atoms with Crippen LogP contribution < -0.4 is 0 Å². The van der Waals surface area contributed by atoms with E-state index in [1.54, 1.807) is 0 Å². The normalized spacial score (nSPS) is 28.4. The number of morpholine rings is 1. The van der Waals surface area contributed by atoms with E-state index < -0.39 is 0 Å². The van der Waals surface area contributed by atoms with E-state index in [9.17, 15) is 4.79 Å². The predicted octanol–water partition coefficient (Wildman–Crippen LogP) is 3.63. The number of hydroxylamine groups is 2. The maximum atomic E-state index is 12.0. The summed E-state index contributed by atoms with van der Waals surface area (Å²) in [5.74, 6) is -0.136. The summed E-state index contributed by atoms with van der Waals surface area (Å²) in [5, 5.41) is 1.89. The van der Waals surface area contributed by atoms with Gasteiger partial charge in [-0.2, -0.15) is 5.06 Å². The van der Waals surface area contributed by atoms with Gasteiger partial charge in [0.1, 0.15) is 12.6 Å². The van der Waals surface area contributed by atoms with Gasteiger partial charge in [-0.25, -0.2) is 0 Å². The third-order valence-corrected chi connectivity index (χ3v) is 4.59. The Labute approximate surface area is 132 Å². The van der Waals surface area contributed by atoms with E-state index in [-0.39, 0.29) is 24.2 Å². The number of hydrogen-bond donors (Lipinski definition) is 0. The minimum Gasteiger partial charge on any atom is -0.462 e. The van der Waals surface area contributed by atoms with Crippen molar-refractivity contribution in [3.05, 3.63) is 35.9 Å². The van der Waals surface area contributed by atoms with E-state index in [0.29, 0.717) is 6.61 Å². The van der Waals surface area contributed by atoms with Crippen molar-refractivity contribution in [1.82, 2.24) is 5.06 Å². The summed E-state index contributed by atoms with van der Waals surface area (Å²) in [6.45, 7) is 2.59. The van der Waals surface area contributed by atoms with Crippen LogP contribution in [-0.2, 0) is 14.4 Å². The lowest BCUT2D eigenvalue weighted by molar-refractivity contribution is -0.228. The minimum absolute atomic E-state index is 0.0181. The third kappa shape index (κ3) is 3.33. The molecule has 0 spiro atoms. The van der Waals surface area contributed by atoms with Crippen LogP contribution in [0.25, 0.3) is 0 Å². The topological polar surface area (TPSA) is 38.8 Å². The molecule has 1 aromatic rings. The molecular weight excluding hydrogens is 278 g/mol. The number of rotatable bonds is 6. The number of cyclic esters (lactones) is 1. The Morgan fingerprint density at radius 3 is 2.73 bits per heavy atom. The molecule has 0 N–H and O–H groups in total. The fourth-order valence-corrected chi connectivity index (χ4v) is 3.35. The Kier molecular flexibility index (Phi) is 5.11. The molecule has 22 heavy (non-hydrogen) atoms. The minimum atomic E-state index is -0.241. The third-order valence-electron chi connectivity index (χ3n) is 4.59. The Morgan fingerprint density at radius 1 is 1.14 bits per heavy atom. The molecule has 0 amide bonds. The standard InChI is InChI=1S/C18H25NO3/c1-2-3-4-8-11-15-12-16-18(20)21-13-17(19(16)22-15)14-9-6-5-7-10-14/h5-7,9-10,15-17H,2-4,8,11-13H2,1H3/t15-,16+,17-/m0/s1. The van der Waals surface area contributed by atoms with Gasteiger partial charge in [0.2, 0.25) is 0 Å². The van der Waals surface area contributed by atoms with E-state index in [0.717, 1.165) is 18.4 Å². The Balaban J connectivity index is 1.64. The molecule has 0 bridgehead atoms. The van der Waals surface area contributed by atoms with Crippen LogP contribution >= 0.6 is 0 Å². The molecule has 4 nitrogen and oxygen atoms in total. The highest BCUT2D eigenvalue weighted by atomic mass is 16.7. The van der Waals surface area contributed by atoms with Crippen molar-refractivity contribution in [2.45, 2.75) is 63.6 Å². The number of ether oxygens (including phenoxy) is 1. The fraction of sp³-hybridized carbons (Fsp3) is 0.611. The lowest BCUT2D eigenvalue weighted by atomic mass is 10.0. The number of fused-ring (bicyclic) bond motifs is 1. The molecule has 3 atom stereocenters. The van der Waals surface area contributed by atoms with Gasteiger partial charge in [-0.1, -0.05) is 62.9 Å². The predicted molar refractivity (Wildman–Crippen MR) is 84.0 cm³/mol. The lowest BCUT2D eigenvalue weighted by Gasteiger charge is -2.34. The number of unbranched alkanes of at least 4 members (excludes halogenated alkanes) is 3. The molecule has 2 aliphatic heterocycles. The highest BCUT2D eigenvalue weighted by molar-refractivity contribution is 5.76. The van der Waals surface area contributed by atoms with Crippen LogP contribution in [0, 0.1) is 0 Å². The van der Waals surface area contributed by atoms with Crippen molar-refractivity contribution in [2.75, 3.05) is 6.61 Å². The molecule has 1 aromatic carbocycles. The van der Waals surface area contributed by atoms with Crippen LogP contribution in [0.5, 0.6) is 0 Å². The average molecular weight is 303 g/mol. The molecule has 3 rings (SSSR count). The van der Waals surface area contributed by atoms with E-state index in [1.165, 1.54) is 25.7 Å². The second-order valence-corrected chi connectivity index (χ2v) is 6.24. The molecule has 0 aliphatic carbocycles. The summed E-state index contributed by atoms with van der Waals surface area (Å²) in [6, 6.07) is 9.94. The van der Waals surface area contributed by atoms with Crippen molar-refractivity contribution < 1.29 is 14.4 Å². The Bertz CT molecular complexity index is 490. The van der Waals surface area contributed by atoms with Crippen molar-refractivity contribution in [1.29, 1.82) is 0 Å². The van der Waals surface area contributed by atoms with Gasteiger partial charge in [-0.15, -0.1) is 0 Å². The fourth-order valence-electron chi connectivity index (χ4n) is 3.35. The summed E-state index contributed by atoms with van der Waals surface area (Å²) < 4.78 is 5.39. The van der Waals surface area contributed by atoms with E-state index in [4.69, 9.17) is 9.57 Å². The van der Waals surface area contributed by atoms with Crippen LogP contribution in [0.15, 0.2) is 30.3 Å². The van der Waals surface area contributed by atoms with Gasteiger partial charge in [0.25, 0.3) is 0 Å². The monoisotopic (exact) mass is 303 g/mol. The molecule has 0 radical (unpaired) electrons. The van der Waals surface area contributed by atoms with Crippen LogP contribution in [0.1, 0.15) is 57.1 Å². The second kappa shape index (κ2) is 7.25. The van der Waals surface area contributed by atoms with Gasteiger partial charge in [-0.05, 0) is 12.0 Å². The quantitative estimate of drug-likeness (QED) is 0.594. The van der Waals surface area contributed by atoms with Gasteiger partial charge >= 0.3 is 5.97 Å². The van der Waals surface area contributed by atoms with Crippen molar-refractivity contribution in [3.8, 4) is 0 Å². The molecule has 120 valence electrons. The molecule has 2 fully saturated rings.